The first-order valence-electron chi connectivity index (χ1n) is 7.37. The second-order valence-electron chi connectivity index (χ2n) is 5.31. The maximum absolute atomic E-state index is 12.2. The molecule has 3 heteroatoms. The van der Waals surface area contributed by atoms with Crippen LogP contribution in [0, 0.1) is 0 Å². The van der Waals surface area contributed by atoms with Gasteiger partial charge >= 0.3 is 0 Å². The summed E-state index contributed by atoms with van der Waals surface area (Å²) in [6, 6.07) is 17.5. The molecule has 0 aliphatic carbocycles. The molecule has 21 heavy (non-hydrogen) atoms. The molecule has 3 nitrogen and oxygen atoms in total. The largest absolute Gasteiger partial charge is 0.489 e. The van der Waals surface area contributed by atoms with Crippen molar-refractivity contribution in [2.75, 3.05) is 6.54 Å². The molecule has 1 saturated heterocycles. The van der Waals surface area contributed by atoms with E-state index in [1.165, 1.54) is 0 Å². The van der Waals surface area contributed by atoms with Crippen molar-refractivity contribution in [3.63, 3.8) is 0 Å². The molecule has 2 aromatic rings. The maximum atomic E-state index is 12.2. The first-order valence-corrected chi connectivity index (χ1v) is 7.37. The number of ether oxygens (including phenoxy) is 1. The van der Waals surface area contributed by atoms with E-state index in [0.717, 1.165) is 36.3 Å². The third-order valence-corrected chi connectivity index (χ3v) is 3.76. The van der Waals surface area contributed by atoms with Gasteiger partial charge in [0.2, 0.25) is 0 Å². The van der Waals surface area contributed by atoms with Crippen LogP contribution in [0.4, 0.5) is 0 Å². The maximum Gasteiger partial charge on any atom is 0.179 e. The molecule has 0 aromatic heterocycles. The minimum atomic E-state index is -0.0129. The molecule has 1 aliphatic heterocycles. The van der Waals surface area contributed by atoms with Gasteiger partial charge in [-0.2, -0.15) is 0 Å². The van der Waals surface area contributed by atoms with E-state index in [1.54, 1.807) is 0 Å². The minimum Gasteiger partial charge on any atom is -0.489 e. The van der Waals surface area contributed by atoms with E-state index in [9.17, 15) is 4.79 Å². The molecule has 1 atom stereocenters. The van der Waals surface area contributed by atoms with Crippen LogP contribution in [-0.4, -0.2) is 18.4 Å². The molecule has 0 bridgehead atoms. The zero-order chi connectivity index (χ0) is 14.5. The molecule has 3 rings (SSSR count). The van der Waals surface area contributed by atoms with Gasteiger partial charge in [-0.15, -0.1) is 0 Å². The van der Waals surface area contributed by atoms with Gasteiger partial charge in [0.1, 0.15) is 12.4 Å². The quantitative estimate of drug-likeness (QED) is 0.855. The van der Waals surface area contributed by atoms with E-state index in [2.05, 4.69) is 5.32 Å². The number of rotatable bonds is 5. The summed E-state index contributed by atoms with van der Waals surface area (Å²) in [5.41, 5.74) is 1.88. The number of ketones is 1. The third-order valence-electron chi connectivity index (χ3n) is 3.76. The fourth-order valence-electron chi connectivity index (χ4n) is 2.57. The van der Waals surface area contributed by atoms with Gasteiger partial charge < -0.3 is 10.1 Å². The predicted octanol–water partition coefficient (Wildman–Crippen LogP) is 3.20. The average molecular weight is 281 g/mol. The van der Waals surface area contributed by atoms with Gasteiger partial charge in [0.25, 0.3) is 0 Å². The first-order chi connectivity index (χ1) is 10.3. The normalized spacial score (nSPS) is 17.6. The molecule has 0 saturated carbocycles. The molecular weight excluding hydrogens is 262 g/mol. The SMILES string of the molecule is O=C(c1ccc(OCc2ccccc2)cc1)C1CCCN1. The number of carbonyl (C=O) groups is 1. The van der Waals surface area contributed by atoms with Crippen molar-refractivity contribution in [3.05, 3.63) is 65.7 Å². The Kier molecular flexibility index (Phi) is 4.31. The van der Waals surface area contributed by atoms with Gasteiger partial charge in [-0.3, -0.25) is 4.79 Å². The summed E-state index contributed by atoms with van der Waals surface area (Å²) in [4.78, 5) is 12.2. The van der Waals surface area contributed by atoms with Crippen LogP contribution in [0.2, 0.25) is 0 Å². The van der Waals surface area contributed by atoms with Crippen molar-refractivity contribution < 1.29 is 9.53 Å². The van der Waals surface area contributed by atoms with Gasteiger partial charge in [-0.05, 0) is 49.2 Å². The van der Waals surface area contributed by atoms with E-state index in [-0.39, 0.29) is 11.8 Å². The molecule has 0 radical (unpaired) electrons. The van der Waals surface area contributed by atoms with Crippen LogP contribution in [0.5, 0.6) is 5.75 Å². The Labute approximate surface area is 124 Å². The molecule has 1 aliphatic rings. The lowest BCUT2D eigenvalue weighted by molar-refractivity contribution is 0.0952. The van der Waals surface area contributed by atoms with Crippen molar-refractivity contribution in [1.29, 1.82) is 0 Å². The Morgan fingerprint density at radius 2 is 1.86 bits per heavy atom. The summed E-state index contributed by atoms with van der Waals surface area (Å²) in [7, 11) is 0. The second-order valence-corrected chi connectivity index (χ2v) is 5.31. The highest BCUT2D eigenvalue weighted by Gasteiger charge is 2.22. The Morgan fingerprint density at radius 1 is 1.10 bits per heavy atom. The van der Waals surface area contributed by atoms with E-state index >= 15 is 0 Å². The average Bonchev–Trinajstić information content (AvgIpc) is 3.08. The zero-order valence-corrected chi connectivity index (χ0v) is 11.9. The van der Waals surface area contributed by atoms with Gasteiger partial charge in [-0.1, -0.05) is 30.3 Å². The molecule has 1 fully saturated rings. The monoisotopic (exact) mass is 281 g/mol. The highest BCUT2D eigenvalue weighted by Crippen LogP contribution is 2.17. The highest BCUT2D eigenvalue weighted by atomic mass is 16.5. The molecule has 0 spiro atoms. The van der Waals surface area contributed by atoms with E-state index in [0.29, 0.717) is 6.61 Å². The fourth-order valence-corrected chi connectivity index (χ4v) is 2.57. The molecule has 1 unspecified atom stereocenters. The minimum absolute atomic E-state index is 0.0129. The van der Waals surface area contributed by atoms with Crippen LogP contribution in [0.1, 0.15) is 28.8 Å². The molecular formula is C18H19NO2. The smallest absolute Gasteiger partial charge is 0.179 e. The van der Waals surface area contributed by atoms with Gasteiger partial charge in [0.15, 0.2) is 5.78 Å². The lowest BCUT2D eigenvalue weighted by atomic mass is 10.0. The van der Waals surface area contributed by atoms with Crippen molar-refractivity contribution in [3.8, 4) is 5.75 Å². The third kappa shape index (κ3) is 3.50. The summed E-state index contributed by atoms with van der Waals surface area (Å²) in [6.07, 6.45) is 2.01. The van der Waals surface area contributed by atoms with Crippen LogP contribution in [0.15, 0.2) is 54.6 Å². The Morgan fingerprint density at radius 3 is 2.52 bits per heavy atom. The molecule has 2 aromatic carbocycles. The summed E-state index contributed by atoms with van der Waals surface area (Å²) in [5, 5.41) is 3.24. The van der Waals surface area contributed by atoms with Crippen molar-refractivity contribution in [1.82, 2.24) is 5.32 Å². The molecule has 108 valence electrons. The standard InChI is InChI=1S/C18H19NO2/c20-18(17-7-4-12-19-17)15-8-10-16(11-9-15)21-13-14-5-2-1-3-6-14/h1-3,5-6,8-11,17,19H,4,7,12-13H2. The van der Waals surface area contributed by atoms with E-state index in [4.69, 9.17) is 4.74 Å². The number of Topliss-reactive ketones (excluding diaryl/α,β-unsaturated/α-hetero) is 1. The summed E-state index contributed by atoms with van der Waals surface area (Å²) in [5.74, 6) is 0.969. The number of hydrogen-bond acceptors (Lipinski definition) is 3. The number of carbonyl (C=O) groups excluding carboxylic acids is 1. The first kappa shape index (κ1) is 13.8. The predicted molar refractivity (Wildman–Crippen MR) is 82.6 cm³/mol. The van der Waals surface area contributed by atoms with Gasteiger partial charge in [0.05, 0.1) is 6.04 Å². The van der Waals surface area contributed by atoms with Gasteiger partial charge in [-0.25, -0.2) is 0 Å². The highest BCUT2D eigenvalue weighted by molar-refractivity contribution is 6.00. The Hall–Kier alpha value is -2.13. The van der Waals surface area contributed by atoms with Crippen molar-refractivity contribution >= 4 is 5.78 Å². The summed E-state index contributed by atoms with van der Waals surface area (Å²) >= 11 is 0. The summed E-state index contributed by atoms with van der Waals surface area (Å²) in [6.45, 7) is 1.48. The Bertz CT molecular complexity index is 586. The lowest BCUT2D eigenvalue weighted by Crippen LogP contribution is -2.30. The van der Waals surface area contributed by atoms with Crippen molar-refractivity contribution in [2.24, 2.45) is 0 Å². The van der Waals surface area contributed by atoms with Crippen LogP contribution < -0.4 is 10.1 Å². The molecule has 1 N–H and O–H groups in total. The van der Waals surface area contributed by atoms with Crippen LogP contribution in [0.25, 0.3) is 0 Å². The van der Waals surface area contributed by atoms with Gasteiger partial charge in [0, 0.05) is 5.56 Å². The number of nitrogens with one attached hydrogen (secondary N) is 1. The number of benzene rings is 2. The Balaban J connectivity index is 1.60. The molecule has 0 amide bonds. The van der Waals surface area contributed by atoms with E-state index < -0.39 is 0 Å². The van der Waals surface area contributed by atoms with Crippen LogP contribution in [-0.2, 0) is 6.61 Å². The molecule has 1 heterocycles. The van der Waals surface area contributed by atoms with Crippen LogP contribution in [0.3, 0.4) is 0 Å². The van der Waals surface area contributed by atoms with E-state index in [1.807, 2.05) is 54.6 Å². The fraction of sp³-hybridized carbons (Fsp3) is 0.278. The topological polar surface area (TPSA) is 38.3 Å². The second kappa shape index (κ2) is 6.55. The summed E-state index contributed by atoms with van der Waals surface area (Å²) < 4.78 is 5.73. The zero-order valence-electron chi connectivity index (χ0n) is 11.9. The lowest BCUT2D eigenvalue weighted by Gasteiger charge is -2.10. The number of hydrogen-bond donors (Lipinski definition) is 1. The van der Waals surface area contributed by atoms with Crippen molar-refractivity contribution in [2.45, 2.75) is 25.5 Å². The van der Waals surface area contributed by atoms with Crippen LogP contribution >= 0.6 is 0 Å².